The van der Waals surface area contributed by atoms with Crippen LogP contribution in [0.25, 0.3) is 16.5 Å². The van der Waals surface area contributed by atoms with Crippen molar-refractivity contribution < 1.29 is 32.7 Å². The highest BCUT2D eigenvalue weighted by molar-refractivity contribution is 7.90. The normalized spacial score (nSPS) is 12.9. The Bertz CT molecular complexity index is 2740. The maximum absolute atomic E-state index is 14.6. The molecule has 7 rings (SSSR count). The van der Waals surface area contributed by atoms with E-state index in [1.807, 2.05) is 57.2 Å². The molecule has 0 atom stereocenters. The van der Waals surface area contributed by atoms with Crippen molar-refractivity contribution in [1.82, 2.24) is 19.4 Å². The Labute approximate surface area is 340 Å². The lowest BCUT2D eigenvalue weighted by molar-refractivity contribution is -0.136. The molecule has 0 bridgehead atoms. The Balaban J connectivity index is 1.27. The van der Waals surface area contributed by atoms with Gasteiger partial charge in [-0.25, -0.2) is 17.8 Å². The van der Waals surface area contributed by atoms with E-state index in [1.54, 1.807) is 54.3 Å². The summed E-state index contributed by atoms with van der Waals surface area (Å²) in [5.74, 6) is -2.90. The number of carboxylic acid groups (broad SMARTS) is 1. The lowest BCUT2D eigenvalue weighted by Gasteiger charge is -2.35. The van der Waals surface area contributed by atoms with Gasteiger partial charge in [-0.3, -0.25) is 19.2 Å². The second kappa shape index (κ2) is 15.6. The highest BCUT2D eigenvalue weighted by Gasteiger charge is 2.34. The van der Waals surface area contributed by atoms with Crippen LogP contribution in [-0.2, 0) is 34.2 Å². The molecule has 1 aliphatic heterocycles. The van der Waals surface area contributed by atoms with E-state index in [-0.39, 0.29) is 38.8 Å². The minimum Gasteiger partial charge on any atom is -0.481 e. The van der Waals surface area contributed by atoms with Gasteiger partial charge in [0.25, 0.3) is 27.7 Å². The van der Waals surface area contributed by atoms with Gasteiger partial charge in [0.1, 0.15) is 0 Å². The molecular weight excluding hydrogens is 778 g/mol. The standard InChI is InChI=1S/C44H40ClN5O7S/c1-27-39(45)40(43(55)49(44(2,3)4)34-17-13-28(14-18-34)23-38(51)52)46-50(27)37-20-16-32(25-36(37)42(54)48-22-21-30-10-6-8-12-33(30)26-48)41(53)47-58(56,57)35-19-15-29-9-5-7-11-31(29)24-35/h5-20,24-25H,21-23,26H2,1-4H3,(H,47,53)(H,51,52). The molecule has 0 saturated carbocycles. The molecule has 6 aromatic rings. The van der Waals surface area contributed by atoms with Crippen LogP contribution in [0.4, 0.5) is 5.69 Å². The van der Waals surface area contributed by atoms with Gasteiger partial charge in [-0.2, -0.15) is 5.10 Å². The van der Waals surface area contributed by atoms with Crippen molar-refractivity contribution in [3.63, 3.8) is 0 Å². The smallest absolute Gasteiger partial charge is 0.307 e. The molecule has 1 aromatic heterocycles. The predicted molar refractivity (Wildman–Crippen MR) is 221 cm³/mol. The third-order valence-electron chi connectivity index (χ3n) is 10.1. The van der Waals surface area contributed by atoms with Gasteiger partial charge in [-0.05, 0) is 104 Å². The van der Waals surface area contributed by atoms with Crippen molar-refractivity contribution in [2.24, 2.45) is 0 Å². The van der Waals surface area contributed by atoms with E-state index in [0.29, 0.717) is 41.8 Å². The Hall–Kier alpha value is -6.31. The van der Waals surface area contributed by atoms with E-state index in [2.05, 4.69) is 9.82 Å². The van der Waals surface area contributed by atoms with Gasteiger partial charge in [0.15, 0.2) is 5.69 Å². The van der Waals surface area contributed by atoms with Crippen molar-refractivity contribution >= 4 is 61.8 Å². The summed E-state index contributed by atoms with van der Waals surface area (Å²) in [6, 6.07) is 30.4. The first-order valence-electron chi connectivity index (χ1n) is 18.5. The lowest BCUT2D eigenvalue weighted by atomic mass is 9.98. The van der Waals surface area contributed by atoms with Crippen molar-refractivity contribution in [3.05, 3.63) is 153 Å². The molecule has 0 unspecified atom stereocenters. The predicted octanol–water partition coefficient (Wildman–Crippen LogP) is 7.38. The molecule has 5 aromatic carbocycles. The number of aromatic nitrogens is 2. The van der Waals surface area contributed by atoms with Crippen molar-refractivity contribution in [3.8, 4) is 5.69 Å². The molecule has 58 heavy (non-hydrogen) atoms. The minimum absolute atomic E-state index is 0.0374. The van der Waals surface area contributed by atoms with Gasteiger partial charge >= 0.3 is 5.97 Å². The van der Waals surface area contributed by atoms with Crippen LogP contribution in [0.5, 0.6) is 0 Å². The van der Waals surface area contributed by atoms with Crippen LogP contribution in [0.2, 0.25) is 5.02 Å². The highest BCUT2D eigenvalue weighted by atomic mass is 35.5. The number of aliphatic carboxylic acids is 1. The zero-order valence-electron chi connectivity index (χ0n) is 32.2. The van der Waals surface area contributed by atoms with Crippen molar-refractivity contribution in [2.45, 2.75) is 57.5 Å². The topological polar surface area (TPSA) is 159 Å². The van der Waals surface area contributed by atoms with Gasteiger partial charge in [-0.15, -0.1) is 0 Å². The fourth-order valence-electron chi connectivity index (χ4n) is 7.15. The van der Waals surface area contributed by atoms with Crippen LogP contribution in [-0.4, -0.2) is 64.0 Å². The first-order chi connectivity index (χ1) is 27.5. The van der Waals surface area contributed by atoms with Gasteiger partial charge in [-0.1, -0.05) is 78.3 Å². The number of nitrogens with zero attached hydrogens (tertiary/aromatic N) is 4. The van der Waals surface area contributed by atoms with Crippen molar-refractivity contribution in [2.75, 3.05) is 11.4 Å². The minimum atomic E-state index is -4.32. The lowest BCUT2D eigenvalue weighted by Crippen LogP contribution is -2.46. The number of amides is 3. The summed E-state index contributed by atoms with van der Waals surface area (Å²) in [4.78, 5) is 57.0. The highest BCUT2D eigenvalue weighted by Crippen LogP contribution is 2.33. The van der Waals surface area contributed by atoms with E-state index in [0.717, 1.165) is 16.5 Å². The summed E-state index contributed by atoms with van der Waals surface area (Å²) < 4.78 is 30.5. The maximum atomic E-state index is 14.6. The van der Waals surface area contributed by atoms with E-state index in [9.17, 15) is 32.7 Å². The summed E-state index contributed by atoms with van der Waals surface area (Å²) in [5.41, 5.74) is 2.78. The second-order valence-corrected chi connectivity index (χ2v) is 17.2. The number of nitrogens with one attached hydrogen (secondary N) is 1. The molecule has 3 amide bonds. The number of rotatable bonds is 9. The Kier molecular flexibility index (Phi) is 10.7. The number of sulfonamides is 1. The summed E-state index contributed by atoms with van der Waals surface area (Å²) >= 11 is 6.89. The molecule has 0 aliphatic carbocycles. The molecule has 2 heterocycles. The summed E-state index contributed by atoms with van der Waals surface area (Å²) in [6.45, 7) is 7.85. The molecule has 12 nitrogen and oxygen atoms in total. The molecule has 14 heteroatoms. The molecular formula is C44H40ClN5O7S. The van der Waals surface area contributed by atoms with Crippen LogP contribution in [0, 0.1) is 6.92 Å². The third-order valence-corrected chi connectivity index (χ3v) is 11.8. The van der Waals surface area contributed by atoms with Gasteiger partial charge < -0.3 is 14.9 Å². The summed E-state index contributed by atoms with van der Waals surface area (Å²) in [5, 5.41) is 15.5. The Morgan fingerprint density at radius 2 is 1.53 bits per heavy atom. The molecule has 0 spiro atoms. The fraction of sp³-hybridized carbons (Fsp3) is 0.205. The average molecular weight is 818 g/mol. The van der Waals surface area contributed by atoms with Crippen LogP contribution in [0.15, 0.2) is 114 Å². The maximum Gasteiger partial charge on any atom is 0.307 e. The Morgan fingerprint density at radius 3 is 2.22 bits per heavy atom. The fourth-order valence-corrected chi connectivity index (χ4v) is 8.36. The summed E-state index contributed by atoms with van der Waals surface area (Å²) in [7, 11) is -4.32. The van der Waals surface area contributed by atoms with E-state index < -0.39 is 39.3 Å². The zero-order valence-corrected chi connectivity index (χ0v) is 33.8. The molecule has 2 N–H and O–H groups in total. The van der Waals surface area contributed by atoms with Crippen LogP contribution in [0.1, 0.15) is 74.4 Å². The monoisotopic (exact) mass is 817 g/mol. The SMILES string of the molecule is Cc1c(Cl)c(C(=O)N(c2ccc(CC(=O)O)cc2)C(C)(C)C)nn1-c1ccc(C(=O)NS(=O)(=O)c2ccc3ccccc3c2)cc1C(=O)N1CCc2ccccc2C1. The number of hydrogen-bond acceptors (Lipinski definition) is 7. The first kappa shape index (κ1) is 39.9. The van der Waals surface area contributed by atoms with Crippen LogP contribution in [0.3, 0.4) is 0 Å². The number of carboxylic acids is 1. The number of hydrogen-bond donors (Lipinski definition) is 2. The molecule has 1 aliphatic rings. The van der Waals surface area contributed by atoms with Gasteiger partial charge in [0.05, 0.1) is 33.3 Å². The summed E-state index contributed by atoms with van der Waals surface area (Å²) in [6.07, 6.45) is 0.428. The van der Waals surface area contributed by atoms with Crippen LogP contribution >= 0.6 is 11.6 Å². The molecule has 0 saturated heterocycles. The number of carbonyl (C=O) groups is 4. The quantitative estimate of drug-likeness (QED) is 0.153. The first-order valence-corrected chi connectivity index (χ1v) is 20.3. The third kappa shape index (κ3) is 7.95. The van der Waals surface area contributed by atoms with E-state index in [1.165, 1.54) is 39.9 Å². The van der Waals surface area contributed by atoms with Gasteiger partial charge in [0.2, 0.25) is 0 Å². The number of fused-ring (bicyclic) bond motifs is 2. The Morgan fingerprint density at radius 1 is 0.862 bits per heavy atom. The van der Waals surface area contributed by atoms with Gasteiger partial charge in [0, 0.05) is 29.9 Å². The second-order valence-electron chi connectivity index (χ2n) is 15.1. The molecule has 0 radical (unpaired) electrons. The number of anilines is 1. The van der Waals surface area contributed by atoms with Crippen molar-refractivity contribution in [1.29, 1.82) is 0 Å². The number of carbonyl (C=O) groups excluding carboxylic acids is 3. The number of halogens is 1. The molecule has 296 valence electrons. The van der Waals surface area contributed by atoms with E-state index in [4.69, 9.17) is 11.6 Å². The molecule has 0 fully saturated rings. The van der Waals surface area contributed by atoms with E-state index >= 15 is 0 Å². The average Bonchev–Trinajstić information content (AvgIpc) is 3.49. The largest absolute Gasteiger partial charge is 0.481 e. The number of benzene rings is 5. The van der Waals surface area contributed by atoms with Crippen LogP contribution < -0.4 is 9.62 Å². The zero-order chi connectivity index (χ0) is 41.5.